The van der Waals surface area contributed by atoms with Gasteiger partial charge in [-0.3, -0.25) is 9.58 Å². The predicted octanol–water partition coefficient (Wildman–Crippen LogP) is 0.770. The quantitative estimate of drug-likeness (QED) is 0.830. The van der Waals surface area contributed by atoms with Crippen molar-refractivity contribution in [2.24, 2.45) is 7.05 Å². The largest absolute Gasteiger partial charge is 0.351 e. The van der Waals surface area contributed by atoms with Gasteiger partial charge in [0.1, 0.15) is 18.5 Å². The minimum atomic E-state index is -0.267. The van der Waals surface area contributed by atoms with E-state index in [0.717, 1.165) is 31.9 Å². The highest BCUT2D eigenvalue weighted by molar-refractivity contribution is 5.43. The van der Waals surface area contributed by atoms with Crippen molar-refractivity contribution in [1.29, 1.82) is 0 Å². The van der Waals surface area contributed by atoms with E-state index in [9.17, 15) is 4.39 Å². The molecule has 0 spiro atoms. The van der Waals surface area contributed by atoms with E-state index in [1.54, 1.807) is 6.33 Å². The molecule has 2 unspecified atom stereocenters. The molecule has 23 heavy (non-hydrogen) atoms. The summed E-state index contributed by atoms with van der Waals surface area (Å²) in [4.78, 5) is 17.0. The highest BCUT2D eigenvalue weighted by Gasteiger charge is 2.45. The number of anilines is 1. The van der Waals surface area contributed by atoms with Gasteiger partial charge in [0, 0.05) is 32.2 Å². The van der Waals surface area contributed by atoms with Gasteiger partial charge in [-0.15, -0.1) is 0 Å². The van der Waals surface area contributed by atoms with Gasteiger partial charge in [0.15, 0.2) is 11.6 Å². The Morgan fingerprint density at radius 1 is 1.17 bits per heavy atom. The molecule has 0 amide bonds. The SMILES string of the molecule is CCc1ncnc(N2CC3CC(C2)N3Cc2ncnn2C)c1F. The molecular formula is C15H20FN7. The van der Waals surface area contributed by atoms with Gasteiger partial charge in [-0.05, 0) is 12.8 Å². The molecule has 2 aromatic rings. The molecule has 7 nitrogen and oxygen atoms in total. The van der Waals surface area contributed by atoms with Gasteiger partial charge in [-0.2, -0.15) is 5.10 Å². The summed E-state index contributed by atoms with van der Waals surface area (Å²) >= 11 is 0. The molecule has 5 rings (SSSR count). The summed E-state index contributed by atoms with van der Waals surface area (Å²) in [6, 6.07) is 0.842. The molecule has 0 saturated carbocycles. The molecule has 3 aliphatic heterocycles. The van der Waals surface area contributed by atoms with Crippen molar-refractivity contribution in [3.05, 3.63) is 30.0 Å². The minimum Gasteiger partial charge on any atom is -0.351 e. The van der Waals surface area contributed by atoms with Crippen molar-refractivity contribution in [2.75, 3.05) is 18.0 Å². The number of halogens is 1. The van der Waals surface area contributed by atoms with Crippen LogP contribution in [0.1, 0.15) is 24.9 Å². The molecule has 5 heterocycles. The van der Waals surface area contributed by atoms with Crippen molar-refractivity contribution in [1.82, 2.24) is 29.6 Å². The van der Waals surface area contributed by atoms with Crippen molar-refractivity contribution in [3.8, 4) is 0 Å². The predicted molar refractivity (Wildman–Crippen MR) is 82.3 cm³/mol. The molecule has 2 bridgehead atoms. The first-order valence-electron chi connectivity index (χ1n) is 8.00. The summed E-state index contributed by atoms with van der Waals surface area (Å²) in [7, 11) is 1.91. The maximum absolute atomic E-state index is 14.5. The topological polar surface area (TPSA) is 63.0 Å². The zero-order chi connectivity index (χ0) is 16.0. The molecule has 2 atom stereocenters. The number of hydrogen-bond donors (Lipinski definition) is 0. The summed E-state index contributed by atoms with van der Waals surface area (Å²) in [5, 5.41) is 4.12. The van der Waals surface area contributed by atoms with Gasteiger partial charge in [0.25, 0.3) is 0 Å². The smallest absolute Gasteiger partial charge is 0.187 e. The normalized spacial score (nSPS) is 23.9. The molecular weight excluding hydrogens is 297 g/mol. The number of piperidine rings is 1. The maximum Gasteiger partial charge on any atom is 0.187 e. The van der Waals surface area contributed by atoms with E-state index in [1.165, 1.54) is 6.33 Å². The second-order valence-corrected chi connectivity index (χ2v) is 6.23. The van der Waals surface area contributed by atoms with Gasteiger partial charge >= 0.3 is 0 Å². The molecule has 122 valence electrons. The molecule has 3 saturated heterocycles. The molecule has 2 aromatic heterocycles. The van der Waals surface area contributed by atoms with Crippen LogP contribution >= 0.6 is 0 Å². The first-order chi connectivity index (χ1) is 11.2. The molecule has 3 aliphatic rings. The van der Waals surface area contributed by atoms with Crippen LogP contribution in [-0.4, -0.2) is 54.8 Å². The lowest BCUT2D eigenvalue weighted by molar-refractivity contribution is -0.0118. The maximum atomic E-state index is 14.5. The first kappa shape index (κ1) is 14.5. The van der Waals surface area contributed by atoms with Crippen LogP contribution in [0.2, 0.25) is 0 Å². The standard InChI is InChI=1S/C15H20FN7/c1-3-12-14(16)15(19-8-17-12)22-5-10-4-11(6-22)23(10)7-13-18-9-20-21(13)2/h8-11H,3-7H2,1-2H3. The Morgan fingerprint density at radius 2 is 1.96 bits per heavy atom. The van der Waals surface area contributed by atoms with Crippen molar-refractivity contribution in [3.63, 3.8) is 0 Å². The Hall–Kier alpha value is -2.09. The van der Waals surface area contributed by atoms with Crippen LogP contribution < -0.4 is 4.90 Å². The lowest BCUT2D eigenvalue weighted by atomic mass is 9.87. The molecule has 8 heteroatoms. The number of aryl methyl sites for hydroxylation is 2. The highest BCUT2D eigenvalue weighted by atomic mass is 19.1. The van der Waals surface area contributed by atoms with Gasteiger partial charge in [-0.25, -0.2) is 19.3 Å². The number of rotatable bonds is 4. The van der Waals surface area contributed by atoms with E-state index in [1.807, 2.05) is 18.7 Å². The zero-order valence-electron chi connectivity index (χ0n) is 13.4. The number of piperazine rings is 1. The van der Waals surface area contributed by atoms with E-state index in [0.29, 0.717) is 30.0 Å². The Bertz CT molecular complexity index is 704. The van der Waals surface area contributed by atoms with E-state index in [4.69, 9.17) is 0 Å². The van der Waals surface area contributed by atoms with Crippen LogP contribution in [0.5, 0.6) is 0 Å². The Labute approximate surface area is 134 Å². The van der Waals surface area contributed by atoms with E-state index < -0.39 is 0 Å². The summed E-state index contributed by atoms with van der Waals surface area (Å²) in [5.74, 6) is 1.15. The van der Waals surface area contributed by atoms with Crippen LogP contribution in [0.3, 0.4) is 0 Å². The molecule has 0 radical (unpaired) electrons. The fourth-order valence-electron chi connectivity index (χ4n) is 3.61. The molecule has 0 aromatic carbocycles. The fourth-order valence-corrected chi connectivity index (χ4v) is 3.61. The van der Waals surface area contributed by atoms with Crippen LogP contribution in [0, 0.1) is 5.82 Å². The van der Waals surface area contributed by atoms with Gasteiger partial charge in [-0.1, -0.05) is 6.92 Å². The number of hydrogen-bond acceptors (Lipinski definition) is 6. The Balaban J connectivity index is 1.48. The molecule has 3 fully saturated rings. The lowest BCUT2D eigenvalue weighted by Gasteiger charge is -2.56. The van der Waals surface area contributed by atoms with Crippen LogP contribution in [0.4, 0.5) is 10.2 Å². The highest BCUT2D eigenvalue weighted by Crippen LogP contribution is 2.35. The summed E-state index contributed by atoms with van der Waals surface area (Å²) < 4.78 is 16.3. The van der Waals surface area contributed by atoms with E-state index in [-0.39, 0.29) is 5.82 Å². The van der Waals surface area contributed by atoms with Crippen molar-refractivity contribution < 1.29 is 4.39 Å². The monoisotopic (exact) mass is 317 g/mol. The molecule has 0 N–H and O–H groups in total. The number of fused-ring (bicyclic) bond motifs is 2. The Kier molecular flexibility index (Phi) is 3.48. The van der Waals surface area contributed by atoms with Crippen molar-refractivity contribution >= 4 is 5.82 Å². The second kappa shape index (κ2) is 5.52. The zero-order valence-corrected chi connectivity index (χ0v) is 13.4. The molecule has 0 aliphatic carbocycles. The number of nitrogens with zero attached hydrogens (tertiary/aromatic N) is 7. The third kappa shape index (κ3) is 2.37. The lowest BCUT2D eigenvalue weighted by Crippen LogP contribution is -2.68. The summed E-state index contributed by atoms with van der Waals surface area (Å²) in [6.45, 7) is 4.30. The third-order valence-corrected chi connectivity index (χ3v) is 4.95. The van der Waals surface area contributed by atoms with Crippen molar-refractivity contribution in [2.45, 2.75) is 38.4 Å². The van der Waals surface area contributed by atoms with Gasteiger partial charge in [0.05, 0.1) is 12.2 Å². The second-order valence-electron chi connectivity index (χ2n) is 6.23. The summed E-state index contributed by atoms with van der Waals surface area (Å²) in [6.07, 6.45) is 4.79. The average Bonchev–Trinajstić information content (AvgIpc) is 2.98. The number of aromatic nitrogens is 5. The van der Waals surface area contributed by atoms with Crippen LogP contribution in [0.25, 0.3) is 0 Å². The van der Waals surface area contributed by atoms with Gasteiger partial charge in [0.2, 0.25) is 0 Å². The van der Waals surface area contributed by atoms with E-state index >= 15 is 0 Å². The minimum absolute atomic E-state index is 0.267. The van der Waals surface area contributed by atoms with Crippen LogP contribution in [0.15, 0.2) is 12.7 Å². The fraction of sp³-hybridized carbons (Fsp3) is 0.600. The first-order valence-corrected chi connectivity index (χ1v) is 8.00. The Morgan fingerprint density at radius 3 is 2.61 bits per heavy atom. The average molecular weight is 317 g/mol. The van der Waals surface area contributed by atoms with E-state index in [2.05, 4.69) is 29.9 Å². The third-order valence-electron chi connectivity index (χ3n) is 4.95. The van der Waals surface area contributed by atoms with Crippen LogP contribution in [-0.2, 0) is 20.0 Å². The summed E-state index contributed by atoms with van der Waals surface area (Å²) in [5.41, 5.74) is 0.491. The van der Waals surface area contributed by atoms with Gasteiger partial charge < -0.3 is 4.90 Å².